The van der Waals surface area contributed by atoms with Gasteiger partial charge in [-0.25, -0.2) is 4.98 Å². The number of nitrogens with zero attached hydrogens (tertiary/aromatic N) is 3. The van der Waals surface area contributed by atoms with E-state index in [-0.39, 0.29) is 11.9 Å². The number of ether oxygens (including phenoxy) is 4. The third kappa shape index (κ3) is 3.54. The van der Waals surface area contributed by atoms with Crippen molar-refractivity contribution in [3.8, 4) is 23.4 Å². The quantitative estimate of drug-likeness (QED) is 0.737. The zero-order chi connectivity index (χ0) is 21.3. The molecule has 2 fully saturated rings. The summed E-state index contributed by atoms with van der Waals surface area (Å²) in [6, 6.07) is 6.23. The maximum absolute atomic E-state index is 11.7. The summed E-state index contributed by atoms with van der Waals surface area (Å²) in [5.41, 5.74) is 0.794. The maximum atomic E-state index is 11.7. The molecule has 1 saturated carbocycles. The highest BCUT2D eigenvalue weighted by molar-refractivity contribution is 5.43. The number of likely N-dealkylation sites (tertiary alicyclic amines) is 1. The van der Waals surface area contributed by atoms with Gasteiger partial charge in [0, 0.05) is 31.7 Å². The van der Waals surface area contributed by atoms with Crippen molar-refractivity contribution in [2.45, 2.75) is 25.0 Å². The number of aromatic nitrogens is 2. The van der Waals surface area contributed by atoms with Crippen molar-refractivity contribution in [2.75, 3.05) is 41.5 Å². The van der Waals surface area contributed by atoms with Crippen molar-refractivity contribution in [1.82, 2.24) is 14.9 Å². The predicted molar refractivity (Wildman–Crippen MR) is 110 cm³/mol. The zero-order valence-electron chi connectivity index (χ0n) is 17.9. The molecule has 8 heteroatoms. The van der Waals surface area contributed by atoms with Crippen molar-refractivity contribution in [2.24, 2.45) is 11.8 Å². The second kappa shape index (κ2) is 8.28. The van der Waals surface area contributed by atoms with Gasteiger partial charge in [0.25, 0.3) is 0 Å². The fraction of sp³-hybridized carbons (Fsp3) is 0.545. The molecule has 8 nitrogen and oxygen atoms in total. The van der Waals surface area contributed by atoms with Gasteiger partial charge in [-0.05, 0) is 36.5 Å². The first-order chi connectivity index (χ1) is 14.5. The van der Waals surface area contributed by atoms with E-state index in [2.05, 4.69) is 20.9 Å². The summed E-state index contributed by atoms with van der Waals surface area (Å²) in [7, 11) is 6.35. The van der Waals surface area contributed by atoms with Crippen LogP contribution in [0.15, 0.2) is 24.4 Å². The third-order valence-corrected chi connectivity index (χ3v) is 6.45. The number of fused-ring (bicyclic) bond motifs is 1. The monoisotopic (exact) mass is 415 g/mol. The van der Waals surface area contributed by atoms with Crippen molar-refractivity contribution in [1.29, 1.82) is 0 Å². The molecule has 0 radical (unpaired) electrons. The van der Waals surface area contributed by atoms with Crippen LogP contribution in [0.2, 0.25) is 0 Å². The summed E-state index contributed by atoms with van der Waals surface area (Å²) < 4.78 is 21.3. The Kier molecular flexibility index (Phi) is 5.71. The average molecular weight is 415 g/mol. The largest absolute Gasteiger partial charge is 0.493 e. The molecule has 3 atom stereocenters. The number of hydrogen-bond donors (Lipinski definition) is 1. The summed E-state index contributed by atoms with van der Waals surface area (Å²) in [5.74, 6) is 2.35. The van der Waals surface area contributed by atoms with Gasteiger partial charge in [-0.3, -0.25) is 4.90 Å². The first-order valence-electron chi connectivity index (χ1n) is 10.1. The summed E-state index contributed by atoms with van der Waals surface area (Å²) in [4.78, 5) is 10.9. The lowest BCUT2D eigenvalue weighted by molar-refractivity contribution is -0.00972. The molecule has 30 heavy (non-hydrogen) atoms. The molecule has 1 aliphatic carbocycles. The van der Waals surface area contributed by atoms with Crippen LogP contribution in [0.5, 0.6) is 23.4 Å². The van der Waals surface area contributed by atoms with Crippen LogP contribution in [0.4, 0.5) is 0 Å². The number of benzene rings is 1. The Morgan fingerprint density at radius 3 is 2.57 bits per heavy atom. The lowest BCUT2D eigenvalue weighted by Crippen LogP contribution is -2.35. The van der Waals surface area contributed by atoms with Gasteiger partial charge >= 0.3 is 6.01 Å². The van der Waals surface area contributed by atoms with Gasteiger partial charge in [-0.15, -0.1) is 0 Å². The van der Waals surface area contributed by atoms with Gasteiger partial charge in [-0.2, -0.15) is 4.98 Å². The molecular formula is C22H29N3O5. The molecule has 2 aliphatic rings. The molecule has 1 saturated heterocycles. The number of methoxy groups -OCH3 is 4. The first-order valence-corrected chi connectivity index (χ1v) is 10.1. The normalized spacial score (nSPS) is 25.8. The molecule has 0 unspecified atom stereocenters. The second-order valence-electron chi connectivity index (χ2n) is 7.99. The first kappa shape index (κ1) is 20.7. The molecule has 1 aromatic heterocycles. The molecule has 0 amide bonds. The Morgan fingerprint density at radius 1 is 1.07 bits per heavy atom. The van der Waals surface area contributed by atoms with Crippen molar-refractivity contribution in [3.05, 3.63) is 35.5 Å². The standard InChI is InChI=1S/C22H29N3O5/c1-27-18-6-5-14(9-19(18)28-2)11-25-12-15-7-8-22(26,17(15)13-25)16-10-23-21(30-4)24-20(16)29-3/h5-6,9-10,15,17,26H,7-8,11-13H2,1-4H3/t15-,17+,22+/m0/s1. The van der Waals surface area contributed by atoms with Crippen LogP contribution < -0.4 is 18.9 Å². The molecule has 0 spiro atoms. The van der Waals surface area contributed by atoms with Crippen LogP contribution in [0.25, 0.3) is 0 Å². The lowest BCUT2D eigenvalue weighted by atomic mass is 9.83. The highest BCUT2D eigenvalue weighted by Gasteiger charge is 2.53. The molecule has 162 valence electrons. The number of rotatable bonds is 7. The van der Waals surface area contributed by atoms with E-state index in [1.54, 1.807) is 27.5 Å². The number of hydrogen-bond acceptors (Lipinski definition) is 8. The van der Waals surface area contributed by atoms with Crippen LogP contribution in [0, 0.1) is 11.8 Å². The fourth-order valence-corrected chi connectivity index (χ4v) is 4.99. The van der Waals surface area contributed by atoms with E-state index in [4.69, 9.17) is 18.9 Å². The topological polar surface area (TPSA) is 86.2 Å². The Bertz CT molecular complexity index is 908. The van der Waals surface area contributed by atoms with E-state index in [0.717, 1.165) is 43.1 Å². The molecular weight excluding hydrogens is 386 g/mol. The van der Waals surface area contributed by atoms with Gasteiger partial charge in [-0.1, -0.05) is 6.07 Å². The molecule has 2 heterocycles. The maximum Gasteiger partial charge on any atom is 0.319 e. The summed E-state index contributed by atoms with van der Waals surface area (Å²) in [5, 5.41) is 11.7. The van der Waals surface area contributed by atoms with E-state index >= 15 is 0 Å². The molecule has 1 aromatic carbocycles. The fourth-order valence-electron chi connectivity index (χ4n) is 4.99. The van der Waals surface area contributed by atoms with E-state index in [1.165, 1.54) is 7.11 Å². The average Bonchev–Trinajstić information content (AvgIpc) is 3.33. The molecule has 2 aromatic rings. The minimum Gasteiger partial charge on any atom is -0.493 e. The minimum atomic E-state index is -1.01. The van der Waals surface area contributed by atoms with E-state index < -0.39 is 5.60 Å². The van der Waals surface area contributed by atoms with Gasteiger partial charge in [0.05, 0.1) is 34.0 Å². The minimum absolute atomic E-state index is 0.100. The van der Waals surface area contributed by atoms with Gasteiger partial charge in [0.1, 0.15) is 5.60 Å². The van der Waals surface area contributed by atoms with Crippen LogP contribution in [0.3, 0.4) is 0 Å². The SMILES string of the molecule is COc1ncc([C@]2(O)CC[C@H]3CN(Cc4ccc(OC)c(OC)c4)C[C@H]32)c(OC)n1. The van der Waals surface area contributed by atoms with Gasteiger partial charge in [0.2, 0.25) is 5.88 Å². The van der Waals surface area contributed by atoms with Gasteiger partial charge < -0.3 is 24.1 Å². The Hall–Kier alpha value is -2.58. The van der Waals surface area contributed by atoms with E-state index in [0.29, 0.717) is 23.8 Å². The Labute approximate surface area is 176 Å². The van der Waals surface area contributed by atoms with E-state index in [9.17, 15) is 5.11 Å². The van der Waals surface area contributed by atoms with E-state index in [1.807, 2.05) is 12.1 Å². The molecule has 1 aliphatic heterocycles. The van der Waals surface area contributed by atoms with Crippen molar-refractivity contribution in [3.63, 3.8) is 0 Å². The highest BCUT2D eigenvalue weighted by Crippen LogP contribution is 2.52. The summed E-state index contributed by atoms with van der Waals surface area (Å²) >= 11 is 0. The van der Waals surface area contributed by atoms with Crippen LogP contribution >= 0.6 is 0 Å². The predicted octanol–water partition coefficient (Wildman–Crippen LogP) is 2.24. The summed E-state index contributed by atoms with van der Waals surface area (Å²) in [6.45, 7) is 2.53. The Balaban J connectivity index is 1.53. The van der Waals surface area contributed by atoms with Crippen molar-refractivity contribution < 1.29 is 24.1 Å². The molecule has 4 rings (SSSR count). The smallest absolute Gasteiger partial charge is 0.319 e. The van der Waals surface area contributed by atoms with Crippen molar-refractivity contribution >= 4 is 0 Å². The number of aliphatic hydroxyl groups is 1. The van der Waals surface area contributed by atoms with Crippen LogP contribution in [-0.2, 0) is 12.1 Å². The zero-order valence-corrected chi connectivity index (χ0v) is 17.9. The third-order valence-electron chi connectivity index (χ3n) is 6.45. The van der Waals surface area contributed by atoms with Gasteiger partial charge in [0.15, 0.2) is 11.5 Å². The Morgan fingerprint density at radius 2 is 1.87 bits per heavy atom. The van der Waals surface area contributed by atoms with Crippen LogP contribution in [0.1, 0.15) is 24.0 Å². The second-order valence-corrected chi connectivity index (χ2v) is 7.99. The highest BCUT2D eigenvalue weighted by atomic mass is 16.5. The molecule has 1 N–H and O–H groups in total. The molecule has 0 bridgehead atoms. The van der Waals surface area contributed by atoms with Crippen LogP contribution in [-0.4, -0.2) is 61.5 Å². The summed E-state index contributed by atoms with van der Waals surface area (Å²) in [6.07, 6.45) is 3.28. The lowest BCUT2D eigenvalue weighted by Gasteiger charge is -2.31.